The van der Waals surface area contributed by atoms with Crippen molar-refractivity contribution < 1.29 is 18.0 Å². The SMILES string of the molecule is Cl.NCCC(=O)NCC1CCCCN1Cc1cc(C(F)(F)F)ccc1Cl. The number of piperidine rings is 1. The summed E-state index contributed by atoms with van der Waals surface area (Å²) in [7, 11) is 0. The van der Waals surface area contributed by atoms with Crippen LogP contribution in [0.5, 0.6) is 0 Å². The molecule has 1 fully saturated rings. The van der Waals surface area contributed by atoms with Gasteiger partial charge < -0.3 is 11.1 Å². The van der Waals surface area contributed by atoms with E-state index in [1.54, 1.807) is 0 Å². The molecule has 0 radical (unpaired) electrons. The average Bonchev–Trinajstić information content (AvgIpc) is 2.55. The highest BCUT2D eigenvalue weighted by Gasteiger charge is 2.31. The lowest BCUT2D eigenvalue weighted by atomic mass is 10.0. The van der Waals surface area contributed by atoms with E-state index in [9.17, 15) is 18.0 Å². The van der Waals surface area contributed by atoms with Gasteiger partial charge in [-0.15, -0.1) is 12.4 Å². The van der Waals surface area contributed by atoms with Crippen LogP contribution in [0.15, 0.2) is 18.2 Å². The molecule has 1 amide bonds. The first-order valence-electron chi connectivity index (χ1n) is 8.37. The maximum atomic E-state index is 12.9. The Kier molecular flexibility index (Phi) is 9.16. The molecule has 1 aliphatic rings. The lowest BCUT2D eigenvalue weighted by Gasteiger charge is -2.36. The number of carbonyl (C=O) groups is 1. The Morgan fingerprint density at radius 2 is 2.08 bits per heavy atom. The van der Waals surface area contributed by atoms with Gasteiger partial charge in [0.05, 0.1) is 5.56 Å². The van der Waals surface area contributed by atoms with Gasteiger partial charge in [-0.2, -0.15) is 13.2 Å². The largest absolute Gasteiger partial charge is 0.416 e. The Bertz CT molecular complexity index is 599. The molecule has 1 unspecified atom stereocenters. The second-order valence-electron chi connectivity index (χ2n) is 6.27. The number of benzene rings is 1. The van der Waals surface area contributed by atoms with E-state index in [0.717, 1.165) is 37.9 Å². The van der Waals surface area contributed by atoms with Crippen LogP contribution in [0.4, 0.5) is 13.2 Å². The van der Waals surface area contributed by atoms with E-state index >= 15 is 0 Å². The second kappa shape index (κ2) is 10.3. The van der Waals surface area contributed by atoms with Crippen LogP contribution in [0.3, 0.4) is 0 Å². The van der Waals surface area contributed by atoms with Crippen LogP contribution in [0.1, 0.15) is 36.8 Å². The van der Waals surface area contributed by atoms with E-state index in [4.69, 9.17) is 17.3 Å². The molecule has 0 spiro atoms. The Morgan fingerprint density at radius 1 is 1.35 bits per heavy atom. The summed E-state index contributed by atoms with van der Waals surface area (Å²) in [6.45, 7) is 1.86. The Balaban J connectivity index is 0.00000338. The maximum Gasteiger partial charge on any atom is 0.416 e. The quantitative estimate of drug-likeness (QED) is 0.748. The molecule has 4 nitrogen and oxygen atoms in total. The van der Waals surface area contributed by atoms with E-state index in [-0.39, 0.29) is 30.8 Å². The highest BCUT2D eigenvalue weighted by atomic mass is 35.5. The number of likely N-dealkylation sites (tertiary alicyclic amines) is 1. The van der Waals surface area contributed by atoms with Crippen molar-refractivity contribution in [2.75, 3.05) is 19.6 Å². The molecule has 1 aromatic carbocycles. The van der Waals surface area contributed by atoms with Crippen molar-refractivity contribution in [3.05, 3.63) is 34.3 Å². The van der Waals surface area contributed by atoms with Crippen LogP contribution < -0.4 is 11.1 Å². The summed E-state index contributed by atoms with van der Waals surface area (Å²) < 4.78 is 38.8. The number of rotatable bonds is 6. The number of hydrogen-bond donors (Lipinski definition) is 2. The first-order valence-corrected chi connectivity index (χ1v) is 8.75. The van der Waals surface area contributed by atoms with Gasteiger partial charge in [0.25, 0.3) is 0 Å². The summed E-state index contributed by atoms with van der Waals surface area (Å²) >= 11 is 6.10. The van der Waals surface area contributed by atoms with E-state index in [1.807, 2.05) is 0 Å². The summed E-state index contributed by atoms with van der Waals surface area (Å²) in [4.78, 5) is 13.7. The molecule has 1 aromatic rings. The molecule has 1 aliphatic heterocycles. The summed E-state index contributed by atoms with van der Waals surface area (Å²) in [5, 5.41) is 3.17. The van der Waals surface area contributed by atoms with E-state index in [2.05, 4.69) is 10.2 Å². The van der Waals surface area contributed by atoms with E-state index in [0.29, 0.717) is 30.2 Å². The van der Waals surface area contributed by atoms with Gasteiger partial charge in [0.15, 0.2) is 0 Å². The normalized spacial score (nSPS) is 18.3. The first-order chi connectivity index (χ1) is 11.8. The molecule has 2 rings (SSSR count). The standard InChI is InChI=1S/C17H23ClF3N3O.ClH/c18-15-5-4-13(17(19,20)21)9-12(15)11-24-8-2-1-3-14(24)10-23-16(25)6-7-22;/h4-5,9,14H,1-3,6-8,10-11,22H2,(H,23,25);1H. The van der Waals surface area contributed by atoms with Gasteiger partial charge in [-0.3, -0.25) is 9.69 Å². The third-order valence-corrected chi connectivity index (χ3v) is 4.77. The summed E-state index contributed by atoms with van der Waals surface area (Å²) in [6.07, 6.45) is -1.23. The Labute approximate surface area is 162 Å². The Hall–Kier alpha value is -1.02. The van der Waals surface area contributed by atoms with Crippen LogP contribution in [0.25, 0.3) is 0 Å². The molecular weight excluding hydrogens is 390 g/mol. The van der Waals surface area contributed by atoms with Gasteiger partial charge in [-0.25, -0.2) is 0 Å². The lowest BCUT2D eigenvalue weighted by molar-refractivity contribution is -0.137. The molecule has 1 saturated heterocycles. The van der Waals surface area contributed by atoms with Crippen molar-refractivity contribution in [3.8, 4) is 0 Å². The number of halogens is 5. The minimum absolute atomic E-state index is 0. The molecule has 26 heavy (non-hydrogen) atoms. The summed E-state index contributed by atoms with van der Waals surface area (Å²) in [5.41, 5.74) is 5.11. The number of nitrogens with two attached hydrogens (primary N) is 1. The van der Waals surface area contributed by atoms with Gasteiger partial charge in [0.2, 0.25) is 5.91 Å². The van der Waals surface area contributed by atoms with Gasteiger partial charge in [-0.05, 0) is 43.1 Å². The highest BCUT2D eigenvalue weighted by Crippen LogP contribution is 2.32. The van der Waals surface area contributed by atoms with Crippen molar-refractivity contribution in [2.45, 2.75) is 44.4 Å². The molecule has 148 valence electrons. The van der Waals surface area contributed by atoms with Gasteiger partial charge in [-0.1, -0.05) is 18.0 Å². The minimum Gasteiger partial charge on any atom is -0.354 e. The highest BCUT2D eigenvalue weighted by molar-refractivity contribution is 6.31. The molecular formula is C17H24Cl2F3N3O. The summed E-state index contributed by atoms with van der Waals surface area (Å²) in [6, 6.07) is 3.48. The molecule has 0 aliphatic carbocycles. The number of alkyl halides is 3. The number of nitrogens with one attached hydrogen (secondary N) is 1. The van der Waals surface area contributed by atoms with Crippen LogP contribution >= 0.6 is 24.0 Å². The summed E-state index contributed by atoms with van der Waals surface area (Å²) in [5.74, 6) is -0.106. The number of nitrogens with zero attached hydrogens (tertiary/aromatic N) is 1. The third-order valence-electron chi connectivity index (χ3n) is 4.40. The van der Waals surface area contributed by atoms with Crippen molar-refractivity contribution in [2.24, 2.45) is 5.73 Å². The zero-order chi connectivity index (χ0) is 18.4. The van der Waals surface area contributed by atoms with Crippen LogP contribution in [0.2, 0.25) is 5.02 Å². The molecule has 0 aromatic heterocycles. The van der Waals surface area contributed by atoms with Gasteiger partial charge >= 0.3 is 6.18 Å². The fourth-order valence-corrected chi connectivity index (χ4v) is 3.22. The molecule has 1 atom stereocenters. The number of carbonyl (C=O) groups excluding carboxylic acids is 1. The van der Waals surface area contributed by atoms with Crippen LogP contribution in [-0.4, -0.2) is 36.5 Å². The van der Waals surface area contributed by atoms with Crippen LogP contribution in [-0.2, 0) is 17.5 Å². The van der Waals surface area contributed by atoms with Crippen molar-refractivity contribution >= 4 is 29.9 Å². The monoisotopic (exact) mass is 413 g/mol. The lowest BCUT2D eigenvalue weighted by Crippen LogP contribution is -2.46. The van der Waals surface area contributed by atoms with Crippen molar-refractivity contribution in [3.63, 3.8) is 0 Å². The van der Waals surface area contributed by atoms with Gasteiger partial charge in [0, 0.05) is 37.1 Å². The third kappa shape index (κ3) is 6.61. The predicted octanol–water partition coefficient (Wildman–Crippen LogP) is 3.60. The fraction of sp³-hybridized carbons (Fsp3) is 0.588. The van der Waals surface area contributed by atoms with E-state index < -0.39 is 11.7 Å². The molecule has 9 heteroatoms. The Morgan fingerprint density at radius 3 is 2.73 bits per heavy atom. The van der Waals surface area contributed by atoms with E-state index in [1.165, 1.54) is 6.07 Å². The molecule has 1 heterocycles. The number of hydrogen-bond acceptors (Lipinski definition) is 3. The second-order valence-corrected chi connectivity index (χ2v) is 6.67. The zero-order valence-electron chi connectivity index (χ0n) is 14.3. The maximum absolute atomic E-state index is 12.9. The van der Waals surface area contributed by atoms with Crippen molar-refractivity contribution in [1.82, 2.24) is 10.2 Å². The van der Waals surface area contributed by atoms with Gasteiger partial charge in [0.1, 0.15) is 0 Å². The smallest absolute Gasteiger partial charge is 0.354 e. The van der Waals surface area contributed by atoms with Crippen LogP contribution in [0, 0.1) is 0 Å². The first kappa shape index (κ1) is 23.0. The fourth-order valence-electron chi connectivity index (χ4n) is 3.04. The molecule has 0 bridgehead atoms. The molecule has 3 N–H and O–H groups in total. The topological polar surface area (TPSA) is 58.4 Å². The average molecular weight is 414 g/mol. The zero-order valence-corrected chi connectivity index (χ0v) is 15.9. The molecule has 0 saturated carbocycles. The van der Waals surface area contributed by atoms with Crippen molar-refractivity contribution in [1.29, 1.82) is 0 Å². The minimum atomic E-state index is -4.39. The predicted molar refractivity (Wildman–Crippen MR) is 98.4 cm³/mol. The number of amides is 1.